The summed E-state index contributed by atoms with van der Waals surface area (Å²) in [5.74, 6) is 0.604. The topological polar surface area (TPSA) is 65.7 Å². The van der Waals surface area contributed by atoms with Crippen molar-refractivity contribution in [1.82, 2.24) is 4.90 Å². The molecule has 0 aliphatic carbocycles. The van der Waals surface area contributed by atoms with E-state index in [-0.39, 0.29) is 5.91 Å². The van der Waals surface area contributed by atoms with E-state index in [4.69, 9.17) is 16.3 Å². The summed E-state index contributed by atoms with van der Waals surface area (Å²) in [6, 6.07) is 22.5. The van der Waals surface area contributed by atoms with Crippen molar-refractivity contribution in [3.8, 4) is 11.8 Å². The molecule has 5 nitrogen and oxygen atoms in total. The van der Waals surface area contributed by atoms with E-state index in [1.54, 1.807) is 17.0 Å². The third kappa shape index (κ3) is 5.53. The van der Waals surface area contributed by atoms with Crippen molar-refractivity contribution in [2.45, 2.75) is 13.5 Å². The highest BCUT2D eigenvalue weighted by Gasteiger charge is 2.32. The number of nitrogens with zero attached hydrogens (tertiary/aromatic N) is 3. The van der Waals surface area contributed by atoms with E-state index in [9.17, 15) is 10.1 Å². The van der Waals surface area contributed by atoms with Gasteiger partial charge in [-0.05, 0) is 82.7 Å². The van der Waals surface area contributed by atoms with Gasteiger partial charge in [-0.1, -0.05) is 41.9 Å². The highest BCUT2D eigenvalue weighted by atomic mass is 79.9. The standard InChI is InChI=1S/C26H19BrClN3O2S/c1-2-31-25(32)24(34-26(31)30-20-9-12-22(27)23(28)14-20)13-17-7-10-21(11-8-17)33-16-19-6-4-3-5-18(19)15-29/h3-14H,2,16H2,1H3/b24-13-,30-26?. The molecule has 1 aliphatic heterocycles. The van der Waals surface area contributed by atoms with E-state index < -0.39 is 0 Å². The maximum atomic E-state index is 12.9. The number of amidine groups is 1. The highest BCUT2D eigenvalue weighted by Crippen LogP contribution is 2.35. The fraction of sp³-hybridized carbons (Fsp3) is 0.115. The van der Waals surface area contributed by atoms with Crippen molar-refractivity contribution in [3.63, 3.8) is 0 Å². The van der Waals surface area contributed by atoms with Crippen molar-refractivity contribution in [2.75, 3.05) is 6.54 Å². The predicted molar refractivity (Wildman–Crippen MR) is 141 cm³/mol. The zero-order chi connectivity index (χ0) is 24.1. The molecule has 1 aliphatic rings. The van der Waals surface area contributed by atoms with Crippen molar-refractivity contribution in [2.24, 2.45) is 4.99 Å². The molecule has 1 amide bonds. The Balaban J connectivity index is 1.48. The molecule has 1 fully saturated rings. The van der Waals surface area contributed by atoms with Crippen LogP contribution in [0.5, 0.6) is 5.75 Å². The normalized spacial score (nSPS) is 15.7. The summed E-state index contributed by atoms with van der Waals surface area (Å²) < 4.78 is 6.63. The van der Waals surface area contributed by atoms with Crippen LogP contribution in [0.2, 0.25) is 5.02 Å². The molecule has 170 valence electrons. The van der Waals surface area contributed by atoms with Crippen LogP contribution in [0.4, 0.5) is 5.69 Å². The average molecular weight is 553 g/mol. The number of hydrogen-bond donors (Lipinski definition) is 0. The number of nitriles is 1. The number of carbonyl (C=O) groups is 1. The molecule has 0 N–H and O–H groups in total. The van der Waals surface area contributed by atoms with Crippen LogP contribution < -0.4 is 4.74 Å². The minimum atomic E-state index is -0.0807. The Morgan fingerprint density at radius 2 is 1.94 bits per heavy atom. The maximum Gasteiger partial charge on any atom is 0.266 e. The molecule has 1 heterocycles. The molecular weight excluding hydrogens is 534 g/mol. The SMILES string of the molecule is CCN1C(=O)/C(=C/c2ccc(OCc3ccccc3C#N)cc2)SC1=Nc1ccc(Br)c(Cl)c1. The molecule has 8 heteroatoms. The number of benzene rings is 3. The first kappa shape index (κ1) is 24.1. The van der Waals surface area contributed by atoms with Crippen LogP contribution in [0.3, 0.4) is 0 Å². The van der Waals surface area contributed by atoms with Crippen molar-refractivity contribution >= 4 is 62.1 Å². The van der Waals surface area contributed by atoms with Gasteiger partial charge in [0.25, 0.3) is 5.91 Å². The Kier molecular flexibility index (Phi) is 7.73. The van der Waals surface area contributed by atoms with Gasteiger partial charge in [-0.3, -0.25) is 9.69 Å². The van der Waals surface area contributed by atoms with Crippen LogP contribution in [0.15, 0.2) is 81.1 Å². The van der Waals surface area contributed by atoms with Crippen LogP contribution >= 0.6 is 39.3 Å². The van der Waals surface area contributed by atoms with Gasteiger partial charge < -0.3 is 4.74 Å². The van der Waals surface area contributed by atoms with Crippen molar-refractivity contribution < 1.29 is 9.53 Å². The molecule has 4 rings (SSSR count). The fourth-order valence-electron chi connectivity index (χ4n) is 3.26. The first-order valence-corrected chi connectivity index (χ1v) is 12.4. The first-order valence-electron chi connectivity index (χ1n) is 10.4. The summed E-state index contributed by atoms with van der Waals surface area (Å²) >= 11 is 10.9. The number of ether oxygens (including phenoxy) is 1. The van der Waals surface area contributed by atoms with E-state index in [1.165, 1.54) is 11.8 Å². The Hall–Kier alpha value is -3.05. The number of likely N-dealkylation sites (N-methyl/N-ethyl adjacent to an activating group) is 1. The molecule has 0 atom stereocenters. The number of hydrogen-bond acceptors (Lipinski definition) is 5. The zero-order valence-electron chi connectivity index (χ0n) is 18.2. The molecule has 1 saturated heterocycles. The first-order chi connectivity index (χ1) is 16.5. The molecule has 3 aromatic carbocycles. The molecule has 0 unspecified atom stereocenters. The molecule has 0 aromatic heterocycles. The summed E-state index contributed by atoms with van der Waals surface area (Å²) in [4.78, 5) is 19.8. The van der Waals surface area contributed by atoms with Gasteiger partial charge in [0, 0.05) is 16.6 Å². The monoisotopic (exact) mass is 551 g/mol. The van der Waals surface area contributed by atoms with E-state index in [0.29, 0.717) is 45.2 Å². The number of aliphatic imine (C=N–C) groups is 1. The lowest BCUT2D eigenvalue weighted by Gasteiger charge is -2.12. The van der Waals surface area contributed by atoms with Gasteiger partial charge in [-0.25, -0.2) is 4.99 Å². The fourth-order valence-corrected chi connectivity index (χ4v) is 4.75. The van der Waals surface area contributed by atoms with E-state index in [0.717, 1.165) is 15.6 Å². The summed E-state index contributed by atoms with van der Waals surface area (Å²) in [5.41, 5.74) is 3.00. The second kappa shape index (κ2) is 10.9. The van der Waals surface area contributed by atoms with E-state index in [2.05, 4.69) is 27.0 Å². The number of rotatable bonds is 6. The number of halogens is 2. The second-order valence-electron chi connectivity index (χ2n) is 7.28. The van der Waals surface area contributed by atoms with Gasteiger partial charge in [-0.2, -0.15) is 5.26 Å². The molecule has 0 spiro atoms. The third-order valence-corrected chi connectivity index (χ3v) is 7.28. The summed E-state index contributed by atoms with van der Waals surface area (Å²) in [6.07, 6.45) is 1.85. The number of carbonyl (C=O) groups excluding carboxylic acids is 1. The maximum absolute atomic E-state index is 12.9. The molecule has 0 radical (unpaired) electrons. The van der Waals surface area contributed by atoms with Gasteiger partial charge in [0.05, 0.1) is 27.2 Å². The van der Waals surface area contributed by atoms with Gasteiger partial charge >= 0.3 is 0 Å². The lowest BCUT2D eigenvalue weighted by Crippen LogP contribution is -2.28. The van der Waals surface area contributed by atoms with E-state index >= 15 is 0 Å². The smallest absolute Gasteiger partial charge is 0.266 e. The molecular formula is C26H19BrClN3O2S. The minimum Gasteiger partial charge on any atom is -0.489 e. The largest absolute Gasteiger partial charge is 0.489 e. The zero-order valence-corrected chi connectivity index (χ0v) is 21.3. The van der Waals surface area contributed by atoms with Gasteiger partial charge in [0.2, 0.25) is 0 Å². The Morgan fingerprint density at radius 1 is 1.18 bits per heavy atom. The molecule has 34 heavy (non-hydrogen) atoms. The summed E-state index contributed by atoms with van der Waals surface area (Å²) in [5, 5.41) is 10.4. The highest BCUT2D eigenvalue weighted by molar-refractivity contribution is 9.10. The van der Waals surface area contributed by atoms with Gasteiger partial charge in [0.1, 0.15) is 12.4 Å². The average Bonchev–Trinajstić information content (AvgIpc) is 3.14. The molecule has 3 aromatic rings. The lowest BCUT2D eigenvalue weighted by molar-refractivity contribution is -0.122. The summed E-state index contributed by atoms with van der Waals surface area (Å²) in [7, 11) is 0. The van der Waals surface area contributed by atoms with Gasteiger partial charge in [0.15, 0.2) is 5.17 Å². The van der Waals surface area contributed by atoms with Crippen LogP contribution in [0, 0.1) is 11.3 Å². The molecule has 0 saturated carbocycles. The number of amides is 1. The van der Waals surface area contributed by atoms with Crippen LogP contribution in [-0.4, -0.2) is 22.5 Å². The van der Waals surface area contributed by atoms with Crippen LogP contribution in [-0.2, 0) is 11.4 Å². The summed E-state index contributed by atoms with van der Waals surface area (Å²) in [6.45, 7) is 2.75. The second-order valence-corrected chi connectivity index (χ2v) is 9.55. The Labute approximate surface area is 215 Å². The number of thioether (sulfide) groups is 1. The Morgan fingerprint density at radius 3 is 2.65 bits per heavy atom. The lowest BCUT2D eigenvalue weighted by atomic mass is 10.1. The van der Waals surface area contributed by atoms with Gasteiger partial charge in [-0.15, -0.1) is 0 Å². The van der Waals surface area contributed by atoms with Crippen molar-refractivity contribution in [3.05, 3.63) is 97.8 Å². The predicted octanol–water partition coefficient (Wildman–Crippen LogP) is 7.18. The molecule has 0 bridgehead atoms. The van der Waals surface area contributed by atoms with Crippen LogP contribution in [0.25, 0.3) is 6.08 Å². The third-order valence-electron chi connectivity index (χ3n) is 5.04. The minimum absolute atomic E-state index is 0.0807. The Bertz CT molecular complexity index is 1330. The quantitative estimate of drug-likeness (QED) is 0.304. The van der Waals surface area contributed by atoms with Crippen molar-refractivity contribution in [1.29, 1.82) is 5.26 Å². The van der Waals surface area contributed by atoms with Crippen LogP contribution in [0.1, 0.15) is 23.6 Å². The van der Waals surface area contributed by atoms with E-state index in [1.807, 2.05) is 67.6 Å².